The Hall–Kier alpha value is -2.49. The molecule has 4 nitrogen and oxygen atoms in total. The minimum absolute atomic E-state index is 0.112. The van der Waals surface area contributed by atoms with Crippen molar-refractivity contribution in [2.75, 3.05) is 7.11 Å². The second-order valence-corrected chi connectivity index (χ2v) is 5.83. The summed E-state index contributed by atoms with van der Waals surface area (Å²) in [6.45, 7) is 6.48. The van der Waals surface area contributed by atoms with Crippen LogP contribution in [0.15, 0.2) is 42.5 Å². The first kappa shape index (κ1) is 17.9. The van der Waals surface area contributed by atoms with Gasteiger partial charge in [0.25, 0.3) is 5.91 Å². The molecule has 1 atom stereocenters. The van der Waals surface area contributed by atoms with E-state index in [9.17, 15) is 4.79 Å². The lowest BCUT2D eigenvalue weighted by atomic mass is 10.1. The molecule has 0 aliphatic heterocycles. The van der Waals surface area contributed by atoms with Crippen molar-refractivity contribution in [3.05, 3.63) is 59.2 Å². The normalized spacial score (nSPS) is 11.7. The first-order valence-electron chi connectivity index (χ1n) is 8.18. The summed E-state index contributed by atoms with van der Waals surface area (Å²) in [6.07, 6.45) is 0.106. The van der Waals surface area contributed by atoms with E-state index in [1.807, 2.05) is 56.3 Å². The Labute approximate surface area is 143 Å². The molecule has 2 aromatic rings. The molecule has 2 aromatic carbocycles. The molecule has 2 rings (SSSR count). The lowest BCUT2D eigenvalue weighted by Crippen LogP contribution is -2.37. The van der Waals surface area contributed by atoms with Gasteiger partial charge in [-0.05, 0) is 61.2 Å². The van der Waals surface area contributed by atoms with Gasteiger partial charge in [-0.2, -0.15) is 0 Å². The molecule has 1 N–H and O–H groups in total. The van der Waals surface area contributed by atoms with Gasteiger partial charge in [-0.15, -0.1) is 0 Å². The third-order valence-electron chi connectivity index (χ3n) is 4.02. The second-order valence-electron chi connectivity index (χ2n) is 5.83. The molecule has 1 unspecified atom stereocenters. The molecule has 0 aliphatic rings. The fourth-order valence-electron chi connectivity index (χ4n) is 2.36. The lowest BCUT2D eigenvalue weighted by Gasteiger charge is -2.18. The van der Waals surface area contributed by atoms with Gasteiger partial charge in [0.2, 0.25) is 0 Å². The molecular weight excluding hydrogens is 302 g/mol. The third-order valence-corrected chi connectivity index (χ3v) is 4.02. The number of rotatable bonds is 7. The maximum atomic E-state index is 12.4. The Kier molecular flexibility index (Phi) is 6.24. The zero-order valence-electron chi connectivity index (χ0n) is 14.8. The van der Waals surface area contributed by atoms with Crippen LogP contribution in [0.25, 0.3) is 0 Å². The second kappa shape index (κ2) is 8.39. The van der Waals surface area contributed by atoms with Crippen LogP contribution in [0.1, 0.15) is 30.0 Å². The average molecular weight is 327 g/mol. The molecule has 0 bridgehead atoms. The van der Waals surface area contributed by atoms with Crippen LogP contribution in [0.5, 0.6) is 11.5 Å². The molecule has 24 heavy (non-hydrogen) atoms. The van der Waals surface area contributed by atoms with E-state index in [1.165, 1.54) is 5.56 Å². The summed E-state index contributed by atoms with van der Waals surface area (Å²) in [5.41, 5.74) is 3.35. The highest BCUT2D eigenvalue weighted by atomic mass is 16.5. The number of carbonyl (C=O) groups is 1. The van der Waals surface area contributed by atoms with Crippen LogP contribution in [-0.2, 0) is 11.3 Å². The molecule has 0 aliphatic carbocycles. The van der Waals surface area contributed by atoms with Crippen LogP contribution in [-0.4, -0.2) is 19.1 Å². The molecule has 1 amide bonds. The third kappa shape index (κ3) is 4.75. The van der Waals surface area contributed by atoms with Crippen LogP contribution in [0.4, 0.5) is 0 Å². The van der Waals surface area contributed by atoms with Crippen LogP contribution in [0.3, 0.4) is 0 Å². The Morgan fingerprint density at radius 2 is 1.88 bits per heavy atom. The first-order valence-corrected chi connectivity index (χ1v) is 8.18. The lowest BCUT2D eigenvalue weighted by molar-refractivity contribution is -0.128. The Morgan fingerprint density at radius 1 is 1.08 bits per heavy atom. The minimum atomic E-state index is -0.502. The predicted octanol–water partition coefficient (Wildman–Crippen LogP) is 3.79. The van der Waals surface area contributed by atoms with Gasteiger partial charge < -0.3 is 14.8 Å². The van der Waals surface area contributed by atoms with Crippen LogP contribution in [0, 0.1) is 13.8 Å². The zero-order chi connectivity index (χ0) is 17.5. The van der Waals surface area contributed by atoms with Crippen LogP contribution < -0.4 is 14.8 Å². The summed E-state index contributed by atoms with van der Waals surface area (Å²) in [5, 5.41) is 2.93. The van der Waals surface area contributed by atoms with Gasteiger partial charge >= 0.3 is 0 Å². The molecule has 0 spiro atoms. The topological polar surface area (TPSA) is 47.6 Å². The summed E-state index contributed by atoms with van der Waals surface area (Å²) in [4.78, 5) is 12.4. The Bertz CT molecular complexity index is 697. The monoisotopic (exact) mass is 327 g/mol. The van der Waals surface area contributed by atoms with Crippen molar-refractivity contribution in [3.8, 4) is 11.5 Å². The van der Waals surface area contributed by atoms with E-state index in [-0.39, 0.29) is 5.91 Å². The van der Waals surface area contributed by atoms with E-state index in [1.54, 1.807) is 7.11 Å². The van der Waals surface area contributed by atoms with Crippen molar-refractivity contribution in [1.82, 2.24) is 5.32 Å². The summed E-state index contributed by atoms with van der Waals surface area (Å²) in [7, 11) is 1.63. The smallest absolute Gasteiger partial charge is 0.261 e. The molecule has 128 valence electrons. The van der Waals surface area contributed by atoms with Gasteiger partial charge in [0.1, 0.15) is 11.5 Å². The van der Waals surface area contributed by atoms with E-state index in [0.717, 1.165) is 22.6 Å². The van der Waals surface area contributed by atoms with Crippen molar-refractivity contribution in [3.63, 3.8) is 0 Å². The number of carbonyl (C=O) groups excluding carboxylic acids is 1. The molecule has 4 heteroatoms. The van der Waals surface area contributed by atoms with E-state index in [4.69, 9.17) is 9.47 Å². The molecule has 0 saturated carbocycles. The summed E-state index contributed by atoms with van der Waals surface area (Å²) < 4.78 is 11.1. The number of hydrogen-bond donors (Lipinski definition) is 1. The summed E-state index contributed by atoms with van der Waals surface area (Å²) >= 11 is 0. The van der Waals surface area contributed by atoms with Crippen LogP contribution in [0.2, 0.25) is 0 Å². The van der Waals surface area contributed by atoms with Crippen molar-refractivity contribution in [2.24, 2.45) is 0 Å². The molecule has 0 saturated heterocycles. The SMILES string of the molecule is CCC(Oc1ccc(C)c(C)c1)C(=O)NCc1cccc(OC)c1. The largest absolute Gasteiger partial charge is 0.497 e. The number of ether oxygens (including phenoxy) is 2. The maximum absolute atomic E-state index is 12.4. The molecule has 0 heterocycles. The highest BCUT2D eigenvalue weighted by Gasteiger charge is 2.18. The number of hydrogen-bond acceptors (Lipinski definition) is 3. The quantitative estimate of drug-likeness (QED) is 0.842. The average Bonchev–Trinajstić information content (AvgIpc) is 2.60. The van der Waals surface area contributed by atoms with Crippen LogP contribution >= 0.6 is 0 Å². The van der Waals surface area contributed by atoms with Crippen molar-refractivity contribution >= 4 is 5.91 Å². The molecule has 0 aromatic heterocycles. The van der Waals surface area contributed by atoms with Crippen molar-refractivity contribution < 1.29 is 14.3 Å². The predicted molar refractivity (Wildman–Crippen MR) is 95.5 cm³/mol. The summed E-state index contributed by atoms with van der Waals surface area (Å²) in [6, 6.07) is 13.5. The van der Waals surface area contributed by atoms with Crippen molar-refractivity contribution in [1.29, 1.82) is 0 Å². The van der Waals surface area contributed by atoms with Gasteiger partial charge in [0.05, 0.1) is 7.11 Å². The van der Waals surface area contributed by atoms with Gasteiger partial charge in [0.15, 0.2) is 6.10 Å². The molecular formula is C20H25NO3. The highest BCUT2D eigenvalue weighted by Crippen LogP contribution is 2.19. The number of methoxy groups -OCH3 is 1. The fourth-order valence-corrected chi connectivity index (χ4v) is 2.36. The van der Waals surface area contributed by atoms with Gasteiger partial charge in [-0.1, -0.05) is 25.1 Å². The van der Waals surface area contributed by atoms with Gasteiger partial charge in [-0.3, -0.25) is 4.79 Å². The number of aryl methyl sites for hydroxylation is 2. The van der Waals surface area contributed by atoms with Gasteiger partial charge in [-0.25, -0.2) is 0 Å². The maximum Gasteiger partial charge on any atom is 0.261 e. The summed E-state index contributed by atoms with van der Waals surface area (Å²) in [5.74, 6) is 1.39. The highest BCUT2D eigenvalue weighted by molar-refractivity contribution is 5.81. The van der Waals surface area contributed by atoms with E-state index in [0.29, 0.717) is 13.0 Å². The zero-order valence-corrected chi connectivity index (χ0v) is 14.8. The fraction of sp³-hybridized carbons (Fsp3) is 0.350. The minimum Gasteiger partial charge on any atom is -0.497 e. The standard InChI is InChI=1S/C20H25NO3/c1-5-19(24-18-10-9-14(2)15(3)11-18)20(22)21-13-16-7-6-8-17(12-16)23-4/h6-12,19H,5,13H2,1-4H3,(H,21,22). The number of nitrogens with one attached hydrogen (secondary N) is 1. The molecule has 0 fully saturated rings. The number of benzene rings is 2. The van der Waals surface area contributed by atoms with E-state index < -0.39 is 6.10 Å². The molecule has 0 radical (unpaired) electrons. The van der Waals surface area contributed by atoms with E-state index >= 15 is 0 Å². The number of amides is 1. The first-order chi connectivity index (χ1) is 11.5. The van der Waals surface area contributed by atoms with Gasteiger partial charge in [0, 0.05) is 6.54 Å². The van der Waals surface area contributed by atoms with E-state index in [2.05, 4.69) is 12.2 Å². The Morgan fingerprint density at radius 3 is 2.54 bits per heavy atom. The van der Waals surface area contributed by atoms with Crippen molar-refractivity contribution in [2.45, 2.75) is 39.8 Å². The Balaban J connectivity index is 1.96.